The van der Waals surface area contributed by atoms with E-state index in [4.69, 9.17) is 0 Å². The van der Waals surface area contributed by atoms with E-state index in [2.05, 4.69) is 4.74 Å². The average molecular weight is 234 g/mol. The van der Waals surface area contributed by atoms with E-state index in [-0.39, 0.29) is 10.0 Å². The number of thioether (sulfide) groups is 2. The van der Waals surface area contributed by atoms with Crippen LogP contribution >= 0.6 is 23.5 Å². The number of ether oxygens (including phenoxy) is 1. The van der Waals surface area contributed by atoms with Crippen molar-refractivity contribution >= 4 is 35.8 Å². The molecule has 0 aliphatic carbocycles. The fourth-order valence-electron chi connectivity index (χ4n) is 1.32. The first-order valence-electron chi connectivity index (χ1n) is 4.53. The van der Waals surface area contributed by atoms with E-state index in [0.717, 1.165) is 30.6 Å². The molecule has 0 N–H and O–H groups in total. The quantitative estimate of drug-likeness (QED) is 0.535. The number of methoxy groups -OCH3 is 1. The van der Waals surface area contributed by atoms with Crippen LogP contribution in [-0.2, 0) is 14.3 Å². The highest BCUT2D eigenvalue weighted by molar-refractivity contribution is 8.22. The molecule has 0 aromatic rings. The minimum absolute atomic E-state index is 0.195. The van der Waals surface area contributed by atoms with Gasteiger partial charge in [0.15, 0.2) is 0 Å². The number of aldehydes is 1. The van der Waals surface area contributed by atoms with E-state index >= 15 is 0 Å². The molecular formula is C9H14O3S2. The van der Waals surface area contributed by atoms with Gasteiger partial charge < -0.3 is 9.53 Å². The van der Waals surface area contributed by atoms with Crippen LogP contribution < -0.4 is 0 Å². The lowest BCUT2D eigenvalue weighted by atomic mass is 10.2. The molecule has 0 radical (unpaired) electrons. The smallest absolute Gasteiger partial charge is 0.305 e. The van der Waals surface area contributed by atoms with Crippen molar-refractivity contribution in [2.45, 2.75) is 23.3 Å². The third-order valence-electron chi connectivity index (χ3n) is 2.09. The van der Waals surface area contributed by atoms with Crippen LogP contribution in [0.4, 0.5) is 0 Å². The molecule has 1 saturated heterocycles. The van der Waals surface area contributed by atoms with Gasteiger partial charge in [-0.15, -0.1) is 23.5 Å². The summed E-state index contributed by atoms with van der Waals surface area (Å²) >= 11 is 3.38. The Hall–Kier alpha value is -0.160. The van der Waals surface area contributed by atoms with Gasteiger partial charge in [-0.2, -0.15) is 0 Å². The van der Waals surface area contributed by atoms with Crippen LogP contribution in [0.2, 0.25) is 0 Å². The first-order valence-corrected chi connectivity index (χ1v) is 6.50. The SMILES string of the molecule is COC(=O)CCCC1(C=O)SCCS1. The Balaban J connectivity index is 2.28. The van der Waals surface area contributed by atoms with Gasteiger partial charge in [0.1, 0.15) is 10.4 Å². The lowest BCUT2D eigenvalue weighted by Gasteiger charge is -2.19. The fraction of sp³-hybridized carbons (Fsp3) is 0.778. The van der Waals surface area contributed by atoms with Gasteiger partial charge in [-0.05, 0) is 12.8 Å². The second kappa shape index (κ2) is 5.66. The zero-order valence-corrected chi connectivity index (χ0v) is 9.79. The summed E-state index contributed by atoms with van der Waals surface area (Å²) in [6, 6.07) is 0. The third-order valence-corrected chi connectivity index (χ3v) is 5.45. The number of hydrogen-bond donors (Lipinski definition) is 0. The molecule has 1 aliphatic rings. The molecule has 1 fully saturated rings. The van der Waals surface area contributed by atoms with Gasteiger partial charge in [0.2, 0.25) is 0 Å². The molecule has 0 unspecified atom stereocenters. The van der Waals surface area contributed by atoms with E-state index in [1.54, 1.807) is 23.5 Å². The van der Waals surface area contributed by atoms with Crippen LogP contribution in [0.5, 0.6) is 0 Å². The minimum atomic E-state index is -0.284. The number of rotatable bonds is 5. The molecule has 0 bridgehead atoms. The zero-order valence-electron chi connectivity index (χ0n) is 8.15. The highest BCUT2D eigenvalue weighted by Crippen LogP contribution is 2.45. The van der Waals surface area contributed by atoms with E-state index in [1.807, 2.05) is 0 Å². The monoisotopic (exact) mass is 234 g/mol. The summed E-state index contributed by atoms with van der Waals surface area (Å²) in [5.41, 5.74) is 0. The largest absolute Gasteiger partial charge is 0.469 e. The maximum atomic E-state index is 10.9. The summed E-state index contributed by atoms with van der Waals surface area (Å²) in [5.74, 6) is 1.86. The first-order chi connectivity index (χ1) is 6.72. The molecule has 0 atom stereocenters. The van der Waals surface area contributed by atoms with Crippen LogP contribution in [0.1, 0.15) is 19.3 Å². The molecule has 80 valence electrons. The molecule has 1 rings (SSSR count). The fourth-order valence-corrected chi connectivity index (χ4v) is 4.23. The maximum absolute atomic E-state index is 10.9. The molecule has 1 heterocycles. The van der Waals surface area contributed by atoms with Crippen LogP contribution in [0.3, 0.4) is 0 Å². The summed E-state index contributed by atoms with van der Waals surface area (Å²) in [6.07, 6.45) is 2.92. The molecule has 3 nitrogen and oxygen atoms in total. The highest BCUT2D eigenvalue weighted by atomic mass is 32.2. The van der Waals surface area contributed by atoms with Gasteiger partial charge in [0, 0.05) is 17.9 Å². The minimum Gasteiger partial charge on any atom is -0.469 e. The Labute approximate surface area is 92.3 Å². The number of esters is 1. The van der Waals surface area contributed by atoms with Gasteiger partial charge in [-0.3, -0.25) is 4.79 Å². The highest BCUT2D eigenvalue weighted by Gasteiger charge is 2.34. The molecule has 14 heavy (non-hydrogen) atoms. The molecule has 1 aliphatic heterocycles. The lowest BCUT2D eigenvalue weighted by Crippen LogP contribution is -2.19. The Morgan fingerprint density at radius 2 is 2.14 bits per heavy atom. The van der Waals surface area contributed by atoms with Gasteiger partial charge in [-0.1, -0.05) is 0 Å². The third kappa shape index (κ3) is 3.20. The normalized spacial score (nSPS) is 19.2. The maximum Gasteiger partial charge on any atom is 0.305 e. The molecule has 0 spiro atoms. The topological polar surface area (TPSA) is 43.4 Å². The first kappa shape index (κ1) is 11.9. The molecular weight excluding hydrogens is 220 g/mol. The Kier molecular flexibility index (Phi) is 4.81. The van der Waals surface area contributed by atoms with E-state index in [9.17, 15) is 9.59 Å². The predicted octanol–water partition coefficient (Wildman–Crippen LogP) is 1.70. The predicted molar refractivity (Wildman–Crippen MR) is 59.6 cm³/mol. The van der Waals surface area contributed by atoms with E-state index < -0.39 is 0 Å². The second-order valence-electron chi connectivity index (χ2n) is 3.06. The van der Waals surface area contributed by atoms with Crippen LogP contribution in [0.25, 0.3) is 0 Å². The summed E-state index contributed by atoms with van der Waals surface area (Å²) in [6.45, 7) is 0. The Morgan fingerprint density at radius 1 is 1.50 bits per heavy atom. The van der Waals surface area contributed by atoms with Gasteiger partial charge in [0.05, 0.1) is 7.11 Å². The second-order valence-corrected chi connectivity index (χ2v) is 6.17. The lowest BCUT2D eigenvalue weighted by molar-refractivity contribution is -0.140. The molecule has 0 saturated carbocycles. The van der Waals surface area contributed by atoms with Crippen molar-refractivity contribution in [1.29, 1.82) is 0 Å². The van der Waals surface area contributed by atoms with Crippen LogP contribution in [-0.4, -0.2) is 35.0 Å². The number of carbonyl (C=O) groups excluding carboxylic acids is 2. The molecule has 0 aromatic heterocycles. The van der Waals surface area contributed by atoms with E-state index in [0.29, 0.717) is 6.42 Å². The zero-order chi connectivity index (χ0) is 10.4. The van der Waals surface area contributed by atoms with E-state index in [1.165, 1.54) is 7.11 Å². The Morgan fingerprint density at radius 3 is 2.64 bits per heavy atom. The van der Waals surface area contributed by atoms with Gasteiger partial charge >= 0.3 is 5.97 Å². The number of carbonyl (C=O) groups is 2. The summed E-state index contributed by atoms with van der Waals surface area (Å²) in [4.78, 5) is 21.8. The van der Waals surface area contributed by atoms with Gasteiger partial charge in [-0.25, -0.2) is 0 Å². The van der Waals surface area contributed by atoms with Gasteiger partial charge in [0.25, 0.3) is 0 Å². The van der Waals surface area contributed by atoms with Crippen molar-refractivity contribution in [3.05, 3.63) is 0 Å². The van der Waals surface area contributed by atoms with Crippen LogP contribution in [0, 0.1) is 0 Å². The molecule has 0 amide bonds. The van der Waals surface area contributed by atoms with Crippen molar-refractivity contribution in [2.24, 2.45) is 0 Å². The number of hydrogen-bond acceptors (Lipinski definition) is 5. The van der Waals surface area contributed by atoms with Crippen molar-refractivity contribution in [2.75, 3.05) is 18.6 Å². The van der Waals surface area contributed by atoms with Crippen LogP contribution in [0.15, 0.2) is 0 Å². The van der Waals surface area contributed by atoms with Crippen molar-refractivity contribution in [1.82, 2.24) is 0 Å². The Bertz CT molecular complexity index is 212. The van der Waals surface area contributed by atoms with Crippen molar-refractivity contribution in [3.8, 4) is 0 Å². The molecule has 0 aromatic carbocycles. The molecule has 5 heteroatoms. The van der Waals surface area contributed by atoms with Crippen molar-refractivity contribution < 1.29 is 14.3 Å². The average Bonchev–Trinajstić information content (AvgIpc) is 2.67. The standard InChI is InChI=1S/C9H14O3S2/c1-12-8(11)3-2-4-9(7-10)13-5-6-14-9/h7H,2-6H2,1H3. The summed E-state index contributed by atoms with van der Waals surface area (Å²) in [7, 11) is 1.39. The van der Waals surface area contributed by atoms with Crippen molar-refractivity contribution in [3.63, 3.8) is 0 Å². The summed E-state index contributed by atoms with van der Waals surface area (Å²) < 4.78 is 4.26. The summed E-state index contributed by atoms with van der Waals surface area (Å²) in [5, 5.41) is 0.